The molecule has 0 aromatic heterocycles. The van der Waals surface area contributed by atoms with Crippen molar-refractivity contribution in [3.63, 3.8) is 0 Å². The zero-order chi connectivity index (χ0) is 19.3. The zero-order valence-corrected chi connectivity index (χ0v) is 17.2. The average Bonchev–Trinajstić information content (AvgIpc) is 2.73. The minimum atomic E-state index is -0.879. The van der Waals surface area contributed by atoms with Gasteiger partial charge in [-0.3, -0.25) is 0 Å². The number of hydrogen-bond donors (Lipinski definition) is 2. The van der Waals surface area contributed by atoms with Crippen LogP contribution in [0.4, 0.5) is 0 Å². The van der Waals surface area contributed by atoms with Gasteiger partial charge in [0, 0.05) is 19.2 Å². The highest BCUT2D eigenvalue weighted by atomic mass is 35.5. The number of carboxylic acid groups (broad SMARTS) is 1. The summed E-state index contributed by atoms with van der Waals surface area (Å²) < 4.78 is 0. The summed E-state index contributed by atoms with van der Waals surface area (Å²) in [6.07, 6.45) is 7.39. The Morgan fingerprint density at radius 2 is 1.64 bits per heavy atom. The highest BCUT2D eigenvalue weighted by Gasteiger charge is 2.21. The molecular weight excluding hydrogens is 374 g/mol. The van der Waals surface area contributed by atoms with Crippen molar-refractivity contribution in [1.82, 2.24) is 4.90 Å². The molecule has 1 saturated heterocycles. The lowest BCUT2D eigenvalue weighted by atomic mass is 9.95. The van der Waals surface area contributed by atoms with Crippen LogP contribution in [0.5, 0.6) is 0 Å². The van der Waals surface area contributed by atoms with E-state index in [1.807, 2.05) is 0 Å². The van der Waals surface area contributed by atoms with Crippen LogP contribution in [-0.2, 0) is 6.42 Å². The Balaban J connectivity index is 0.000000332. The fourth-order valence-corrected chi connectivity index (χ4v) is 3.51. The van der Waals surface area contributed by atoms with Crippen molar-refractivity contribution in [3.8, 4) is 0 Å². The Bertz CT molecular complexity index is 651. The van der Waals surface area contributed by atoms with Crippen LogP contribution < -0.4 is 0 Å². The molecule has 2 aromatic rings. The van der Waals surface area contributed by atoms with Crippen LogP contribution in [0, 0.1) is 0 Å². The largest absolute Gasteiger partial charge is 0.478 e. The summed E-state index contributed by atoms with van der Waals surface area (Å²) in [6, 6.07) is 19.8. The summed E-state index contributed by atoms with van der Waals surface area (Å²) >= 11 is 0. The molecule has 1 unspecified atom stereocenters. The van der Waals surface area contributed by atoms with Crippen molar-refractivity contribution < 1.29 is 15.0 Å². The normalized spacial score (nSPS) is 16.4. The lowest BCUT2D eigenvalue weighted by molar-refractivity contribution is 0.0697. The summed E-state index contributed by atoms with van der Waals surface area (Å²) in [4.78, 5) is 12.8. The predicted octanol–water partition coefficient (Wildman–Crippen LogP) is 4.66. The van der Waals surface area contributed by atoms with Gasteiger partial charge in [0.25, 0.3) is 0 Å². The second-order valence-electron chi connectivity index (χ2n) is 6.96. The number of hydrogen-bond acceptors (Lipinski definition) is 3. The van der Waals surface area contributed by atoms with E-state index in [-0.39, 0.29) is 12.4 Å². The number of aryl methyl sites for hydroxylation is 1. The van der Waals surface area contributed by atoms with Gasteiger partial charge in [0.15, 0.2) is 0 Å². The van der Waals surface area contributed by atoms with E-state index in [4.69, 9.17) is 10.2 Å². The second kappa shape index (κ2) is 14.2. The summed E-state index contributed by atoms with van der Waals surface area (Å²) in [5.74, 6) is -0.879. The first-order chi connectivity index (χ1) is 13.2. The van der Waals surface area contributed by atoms with Crippen molar-refractivity contribution in [2.75, 3.05) is 19.7 Å². The van der Waals surface area contributed by atoms with Gasteiger partial charge in [-0.1, -0.05) is 55.0 Å². The molecule has 154 valence electrons. The van der Waals surface area contributed by atoms with Crippen LogP contribution in [0.3, 0.4) is 0 Å². The van der Waals surface area contributed by atoms with E-state index in [0.717, 1.165) is 19.0 Å². The Morgan fingerprint density at radius 1 is 1.00 bits per heavy atom. The summed E-state index contributed by atoms with van der Waals surface area (Å²) in [5.41, 5.74) is 1.78. The Hall–Kier alpha value is -1.88. The van der Waals surface area contributed by atoms with Gasteiger partial charge in [0.05, 0.1) is 5.56 Å². The third kappa shape index (κ3) is 8.87. The number of aliphatic hydroxyl groups excluding tert-OH is 1. The van der Waals surface area contributed by atoms with Crippen molar-refractivity contribution in [2.45, 2.75) is 44.6 Å². The third-order valence-electron chi connectivity index (χ3n) is 4.98. The molecule has 1 atom stereocenters. The van der Waals surface area contributed by atoms with E-state index in [1.54, 1.807) is 30.3 Å². The molecule has 0 saturated carbocycles. The molecule has 1 aliphatic heterocycles. The average molecular weight is 406 g/mol. The van der Waals surface area contributed by atoms with E-state index in [0.29, 0.717) is 12.2 Å². The number of carboxylic acids is 1. The van der Waals surface area contributed by atoms with Crippen LogP contribution in [0.15, 0.2) is 60.7 Å². The van der Waals surface area contributed by atoms with Crippen LogP contribution in [0.2, 0.25) is 0 Å². The van der Waals surface area contributed by atoms with E-state index in [2.05, 4.69) is 35.2 Å². The molecule has 0 radical (unpaired) electrons. The van der Waals surface area contributed by atoms with Gasteiger partial charge in [0.2, 0.25) is 0 Å². The van der Waals surface area contributed by atoms with Gasteiger partial charge in [0.1, 0.15) is 0 Å². The van der Waals surface area contributed by atoms with E-state index in [9.17, 15) is 4.79 Å². The molecule has 2 N–H and O–H groups in total. The fraction of sp³-hybridized carbons (Fsp3) is 0.435. The van der Waals surface area contributed by atoms with Gasteiger partial charge in [-0.05, 0) is 56.3 Å². The topological polar surface area (TPSA) is 60.8 Å². The predicted molar refractivity (Wildman–Crippen MR) is 116 cm³/mol. The van der Waals surface area contributed by atoms with Gasteiger partial charge in [-0.15, -0.1) is 12.4 Å². The number of likely N-dealkylation sites (tertiary alicyclic amines) is 1. The van der Waals surface area contributed by atoms with Crippen LogP contribution in [0.1, 0.15) is 48.0 Å². The molecule has 1 heterocycles. The van der Waals surface area contributed by atoms with Crippen LogP contribution >= 0.6 is 12.4 Å². The summed E-state index contributed by atoms with van der Waals surface area (Å²) in [5, 5.41) is 17.3. The fourth-order valence-electron chi connectivity index (χ4n) is 3.51. The van der Waals surface area contributed by atoms with Crippen molar-refractivity contribution in [2.24, 2.45) is 0 Å². The van der Waals surface area contributed by atoms with Crippen molar-refractivity contribution >= 4 is 18.4 Å². The summed E-state index contributed by atoms with van der Waals surface area (Å²) in [6.45, 7) is 2.61. The SMILES string of the molecule is Cl.O=C(O)c1ccccc1.OCCCN1CCCCC1CCc1ccccc1. The van der Waals surface area contributed by atoms with E-state index >= 15 is 0 Å². The summed E-state index contributed by atoms with van der Waals surface area (Å²) in [7, 11) is 0. The van der Waals surface area contributed by atoms with Gasteiger partial charge >= 0.3 is 5.97 Å². The molecule has 1 fully saturated rings. The maximum Gasteiger partial charge on any atom is 0.335 e. The standard InChI is InChI=1S/C16H25NO.C7H6O2.ClH/c18-14-6-13-17-12-5-4-9-16(17)11-10-15-7-2-1-3-8-15;8-7(9)6-4-2-1-3-5-6;/h1-3,7-8,16,18H,4-6,9-14H2;1-5H,(H,8,9);1H. The lowest BCUT2D eigenvalue weighted by Crippen LogP contribution is -2.40. The Morgan fingerprint density at radius 3 is 2.21 bits per heavy atom. The molecule has 28 heavy (non-hydrogen) atoms. The quantitative estimate of drug-likeness (QED) is 0.703. The zero-order valence-electron chi connectivity index (χ0n) is 16.4. The van der Waals surface area contributed by atoms with Gasteiger partial charge in [-0.25, -0.2) is 4.79 Å². The lowest BCUT2D eigenvalue weighted by Gasteiger charge is -2.35. The monoisotopic (exact) mass is 405 g/mol. The van der Waals surface area contributed by atoms with E-state index < -0.39 is 5.97 Å². The minimum absolute atomic E-state index is 0. The third-order valence-corrected chi connectivity index (χ3v) is 4.98. The van der Waals surface area contributed by atoms with Crippen LogP contribution in [0.25, 0.3) is 0 Å². The van der Waals surface area contributed by atoms with Crippen molar-refractivity contribution in [1.29, 1.82) is 0 Å². The molecule has 0 amide bonds. The minimum Gasteiger partial charge on any atom is -0.478 e. The first-order valence-electron chi connectivity index (χ1n) is 9.88. The maximum absolute atomic E-state index is 10.2. The number of piperidine rings is 1. The Kier molecular flexibility index (Phi) is 12.2. The number of nitrogens with zero attached hydrogens (tertiary/aromatic N) is 1. The number of aliphatic hydroxyl groups is 1. The molecule has 0 spiro atoms. The molecule has 3 rings (SSSR count). The molecule has 1 aliphatic rings. The number of halogens is 1. The Labute approximate surface area is 174 Å². The first-order valence-corrected chi connectivity index (χ1v) is 9.88. The van der Waals surface area contributed by atoms with E-state index in [1.165, 1.54) is 44.2 Å². The first kappa shape index (κ1) is 24.2. The highest BCUT2D eigenvalue weighted by Crippen LogP contribution is 2.21. The number of aromatic carboxylic acids is 1. The molecule has 0 bridgehead atoms. The molecule has 2 aromatic carbocycles. The molecule has 4 nitrogen and oxygen atoms in total. The molecular formula is C23H32ClNO3. The number of benzene rings is 2. The smallest absolute Gasteiger partial charge is 0.335 e. The molecule has 0 aliphatic carbocycles. The highest BCUT2D eigenvalue weighted by molar-refractivity contribution is 5.87. The van der Waals surface area contributed by atoms with Gasteiger partial charge in [-0.2, -0.15) is 0 Å². The van der Waals surface area contributed by atoms with Crippen LogP contribution in [-0.4, -0.2) is 46.8 Å². The molecule has 5 heteroatoms. The second-order valence-corrected chi connectivity index (χ2v) is 6.96. The van der Waals surface area contributed by atoms with Crippen molar-refractivity contribution in [3.05, 3.63) is 71.8 Å². The maximum atomic E-state index is 10.2. The number of carbonyl (C=O) groups is 1. The van der Waals surface area contributed by atoms with Gasteiger partial charge < -0.3 is 15.1 Å². The number of rotatable bonds is 7.